The van der Waals surface area contributed by atoms with E-state index in [0.717, 1.165) is 12.8 Å². The van der Waals surface area contributed by atoms with E-state index >= 15 is 0 Å². The molecule has 3 atom stereocenters. The molecule has 0 saturated heterocycles. The van der Waals surface area contributed by atoms with Gasteiger partial charge in [-0.15, -0.1) is 0 Å². The fraction of sp³-hybridized carbons (Fsp3) is 0.706. The molecule has 0 aliphatic rings. The highest BCUT2D eigenvalue weighted by Crippen LogP contribution is 2.20. The maximum Gasteiger partial charge on any atom is 0.334 e. The second-order valence-corrected chi connectivity index (χ2v) is 5.72. The highest BCUT2D eigenvalue weighted by molar-refractivity contribution is 5.96. The van der Waals surface area contributed by atoms with Crippen LogP contribution in [0.5, 0.6) is 0 Å². The van der Waals surface area contributed by atoms with Crippen LogP contribution in [0.2, 0.25) is 0 Å². The van der Waals surface area contributed by atoms with Crippen molar-refractivity contribution in [2.45, 2.75) is 72.0 Å². The van der Waals surface area contributed by atoms with Crippen LogP contribution in [0.3, 0.4) is 0 Å². The van der Waals surface area contributed by atoms with Gasteiger partial charge in [0, 0.05) is 5.57 Å². The first-order chi connectivity index (χ1) is 10.7. The molecule has 0 saturated carbocycles. The van der Waals surface area contributed by atoms with E-state index in [1.165, 1.54) is 0 Å². The predicted octanol–water partition coefficient (Wildman–Crippen LogP) is 3.10. The third kappa shape index (κ3) is 8.38. The van der Waals surface area contributed by atoms with E-state index in [-0.39, 0.29) is 17.8 Å². The molecule has 0 aromatic carbocycles. The molecule has 23 heavy (non-hydrogen) atoms. The number of carbonyl (C=O) groups is 3. The molecule has 0 rings (SSSR count). The van der Waals surface area contributed by atoms with Gasteiger partial charge in [0.2, 0.25) is 0 Å². The summed E-state index contributed by atoms with van der Waals surface area (Å²) >= 11 is 0. The van der Waals surface area contributed by atoms with Gasteiger partial charge < -0.3 is 14.6 Å². The van der Waals surface area contributed by atoms with Crippen molar-refractivity contribution in [1.82, 2.24) is 0 Å². The van der Waals surface area contributed by atoms with Gasteiger partial charge in [0.1, 0.15) is 0 Å². The van der Waals surface area contributed by atoms with Gasteiger partial charge in [0.05, 0.1) is 24.5 Å². The molecule has 6 nitrogen and oxygen atoms in total. The lowest BCUT2D eigenvalue weighted by Crippen LogP contribution is -2.30. The molecule has 0 fully saturated rings. The first-order valence-corrected chi connectivity index (χ1v) is 8.04. The molecule has 0 aromatic heterocycles. The number of ether oxygens (including phenoxy) is 2. The van der Waals surface area contributed by atoms with Crippen LogP contribution in [-0.2, 0) is 23.9 Å². The smallest absolute Gasteiger partial charge is 0.334 e. The van der Waals surface area contributed by atoms with Crippen LogP contribution in [0.15, 0.2) is 12.2 Å². The molecule has 0 aliphatic heterocycles. The van der Waals surface area contributed by atoms with E-state index < -0.39 is 30.2 Å². The Morgan fingerprint density at radius 3 is 1.91 bits per heavy atom. The maximum absolute atomic E-state index is 12.2. The van der Waals surface area contributed by atoms with Crippen LogP contribution in [-0.4, -0.2) is 35.2 Å². The fourth-order valence-electron chi connectivity index (χ4n) is 2.14. The van der Waals surface area contributed by atoms with Crippen LogP contribution >= 0.6 is 0 Å². The summed E-state index contributed by atoms with van der Waals surface area (Å²) in [6, 6.07) is 0. The van der Waals surface area contributed by atoms with Crippen LogP contribution in [0.1, 0.15) is 59.8 Å². The van der Waals surface area contributed by atoms with Gasteiger partial charge in [-0.3, -0.25) is 9.59 Å². The minimum absolute atomic E-state index is 0.177. The van der Waals surface area contributed by atoms with Crippen LogP contribution < -0.4 is 0 Å². The summed E-state index contributed by atoms with van der Waals surface area (Å²) in [5.41, 5.74) is -0.177. The van der Waals surface area contributed by atoms with Crippen LogP contribution in [0, 0.1) is 5.92 Å². The lowest BCUT2D eigenvalue weighted by atomic mass is 9.96. The molecule has 6 heteroatoms. The number of aliphatic carboxylic acids is 1. The largest absolute Gasteiger partial charge is 0.481 e. The third-order valence-corrected chi connectivity index (χ3v) is 3.36. The Bertz CT molecular complexity index is 429. The van der Waals surface area contributed by atoms with Gasteiger partial charge in [-0.05, 0) is 26.7 Å². The Balaban J connectivity index is 4.93. The van der Waals surface area contributed by atoms with Crippen LogP contribution in [0.25, 0.3) is 0 Å². The molecular formula is C17H28O6. The van der Waals surface area contributed by atoms with E-state index in [2.05, 4.69) is 6.58 Å². The predicted molar refractivity (Wildman–Crippen MR) is 85.8 cm³/mol. The second kappa shape index (κ2) is 10.8. The zero-order chi connectivity index (χ0) is 18.0. The summed E-state index contributed by atoms with van der Waals surface area (Å²) in [4.78, 5) is 35.2. The van der Waals surface area contributed by atoms with Gasteiger partial charge in [0.15, 0.2) is 0 Å². The minimum Gasteiger partial charge on any atom is -0.481 e. The average Bonchev–Trinajstić information content (AvgIpc) is 2.43. The van der Waals surface area contributed by atoms with Crippen molar-refractivity contribution in [3.05, 3.63) is 12.2 Å². The molecule has 1 N–H and O–H groups in total. The summed E-state index contributed by atoms with van der Waals surface area (Å²) in [5, 5.41) is 8.97. The zero-order valence-corrected chi connectivity index (χ0v) is 14.5. The molecule has 132 valence electrons. The quantitative estimate of drug-likeness (QED) is 0.463. The van der Waals surface area contributed by atoms with E-state index in [1.54, 1.807) is 13.8 Å². The van der Waals surface area contributed by atoms with Crippen LogP contribution in [0.4, 0.5) is 0 Å². The van der Waals surface area contributed by atoms with Gasteiger partial charge in [-0.25, -0.2) is 4.79 Å². The van der Waals surface area contributed by atoms with E-state index in [0.29, 0.717) is 12.8 Å². The number of esters is 2. The van der Waals surface area contributed by atoms with Gasteiger partial charge in [-0.2, -0.15) is 0 Å². The van der Waals surface area contributed by atoms with Crippen molar-refractivity contribution in [3.8, 4) is 0 Å². The molecule has 0 bridgehead atoms. The Morgan fingerprint density at radius 1 is 1.00 bits per heavy atom. The van der Waals surface area contributed by atoms with E-state index in [1.807, 2.05) is 13.8 Å². The van der Waals surface area contributed by atoms with Gasteiger partial charge in [-0.1, -0.05) is 33.3 Å². The lowest BCUT2D eigenvalue weighted by molar-refractivity contribution is -0.158. The molecule has 3 unspecified atom stereocenters. The first kappa shape index (κ1) is 21.1. The summed E-state index contributed by atoms with van der Waals surface area (Å²) in [6.45, 7) is 10.9. The van der Waals surface area contributed by atoms with Crippen molar-refractivity contribution in [1.29, 1.82) is 0 Å². The number of rotatable bonds is 11. The Kier molecular flexibility index (Phi) is 9.94. The second-order valence-electron chi connectivity index (χ2n) is 5.72. The monoisotopic (exact) mass is 328 g/mol. The van der Waals surface area contributed by atoms with Crippen molar-refractivity contribution >= 4 is 17.9 Å². The molecule has 0 radical (unpaired) electrons. The van der Waals surface area contributed by atoms with Crippen molar-refractivity contribution < 1.29 is 29.0 Å². The van der Waals surface area contributed by atoms with Crippen molar-refractivity contribution in [3.63, 3.8) is 0 Å². The number of carboxylic acids is 1. The average molecular weight is 328 g/mol. The third-order valence-electron chi connectivity index (χ3n) is 3.36. The summed E-state index contributed by atoms with van der Waals surface area (Å²) < 4.78 is 10.4. The Morgan fingerprint density at radius 2 is 1.48 bits per heavy atom. The number of hydrogen-bond acceptors (Lipinski definition) is 5. The van der Waals surface area contributed by atoms with Crippen molar-refractivity contribution in [2.24, 2.45) is 5.92 Å². The Hall–Kier alpha value is -1.85. The molecule has 0 heterocycles. The fourth-order valence-corrected chi connectivity index (χ4v) is 2.14. The highest BCUT2D eigenvalue weighted by Gasteiger charge is 2.32. The zero-order valence-electron chi connectivity index (χ0n) is 14.5. The summed E-state index contributed by atoms with van der Waals surface area (Å²) in [6.07, 6.45) is 1.81. The molecule has 0 aliphatic carbocycles. The lowest BCUT2D eigenvalue weighted by Gasteiger charge is -2.20. The van der Waals surface area contributed by atoms with E-state index in [4.69, 9.17) is 14.6 Å². The highest BCUT2D eigenvalue weighted by atomic mass is 16.6. The van der Waals surface area contributed by atoms with Crippen molar-refractivity contribution in [2.75, 3.05) is 0 Å². The number of carboxylic acid groups (broad SMARTS) is 1. The number of carbonyl (C=O) groups excluding carboxylic acids is 2. The molecule has 0 spiro atoms. The number of hydrogen-bond donors (Lipinski definition) is 1. The van der Waals surface area contributed by atoms with Gasteiger partial charge >= 0.3 is 17.9 Å². The first-order valence-electron chi connectivity index (χ1n) is 8.04. The summed E-state index contributed by atoms with van der Waals surface area (Å²) in [7, 11) is 0. The normalized spacial score (nSPS) is 14.4. The maximum atomic E-state index is 12.2. The molecular weight excluding hydrogens is 300 g/mol. The topological polar surface area (TPSA) is 89.9 Å². The molecule has 0 aromatic rings. The SMILES string of the molecule is C=C(C(=O)OC(C)CCC)C(CC(=O)O)C(=O)OC(C)CCC. The Labute approximate surface area is 137 Å². The van der Waals surface area contributed by atoms with Gasteiger partial charge in [0.25, 0.3) is 0 Å². The minimum atomic E-state index is -1.23. The van der Waals surface area contributed by atoms with E-state index in [9.17, 15) is 14.4 Å². The summed E-state index contributed by atoms with van der Waals surface area (Å²) in [5.74, 6) is -3.94. The standard InChI is InChI=1S/C17H28O6/c1-6-8-11(3)22-16(20)13(5)14(10-15(18)19)17(21)23-12(4)9-7-2/h11-12,14H,5-10H2,1-4H3,(H,18,19). The molecule has 0 amide bonds.